The molecule has 0 aliphatic rings. The highest BCUT2D eigenvalue weighted by atomic mass is 16.2. The zero-order valence-electron chi connectivity index (χ0n) is 16.7. The first-order chi connectivity index (χ1) is 14.7. The summed E-state index contributed by atoms with van der Waals surface area (Å²) in [5.74, 6) is -0.337. The van der Waals surface area contributed by atoms with Gasteiger partial charge in [0.05, 0.1) is 11.9 Å². The second-order valence-electron chi connectivity index (χ2n) is 6.90. The third-order valence-corrected chi connectivity index (χ3v) is 4.88. The highest BCUT2D eigenvalue weighted by Gasteiger charge is 2.10. The van der Waals surface area contributed by atoms with Crippen molar-refractivity contribution < 1.29 is 4.79 Å². The summed E-state index contributed by atoms with van der Waals surface area (Å²) < 4.78 is 0. The van der Waals surface area contributed by atoms with Gasteiger partial charge in [-0.15, -0.1) is 0 Å². The summed E-state index contributed by atoms with van der Waals surface area (Å²) in [6.45, 7) is 2.11. The van der Waals surface area contributed by atoms with Crippen molar-refractivity contribution in [2.75, 3.05) is 0 Å². The topological polar surface area (TPSA) is 70.1 Å². The third-order valence-electron chi connectivity index (χ3n) is 4.88. The number of aromatic amines is 1. The largest absolute Gasteiger partial charge is 0.289 e. The average molecular weight is 394 g/mol. The minimum atomic E-state index is -0.337. The highest BCUT2D eigenvalue weighted by molar-refractivity contribution is 5.94. The normalized spacial score (nSPS) is 11.0. The van der Waals surface area contributed by atoms with Gasteiger partial charge in [0.15, 0.2) is 0 Å². The maximum absolute atomic E-state index is 12.3. The van der Waals surface area contributed by atoms with E-state index < -0.39 is 0 Å². The van der Waals surface area contributed by atoms with E-state index in [1.807, 2.05) is 66.7 Å². The molecule has 5 heteroatoms. The quantitative estimate of drug-likeness (QED) is 0.354. The van der Waals surface area contributed by atoms with E-state index >= 15 is 0 Å². The minimum Gasteiger partial charge on any atom is -0.272 e. The van der Waals surface area contributed by atoms with Gasteiger partial charge in [0.25, 0.3) is 5.91 Å². The van der Waals surface area contributed by atoms with Crippen LogP contribution in [0.4, 0.5) is 0 Å². The molecule has 5 nitrogen and oxygen atoms in total. The van der Waals surface area contributed by atoms with Crippen LogP contribution in [0.15, 0.2) is 90.0 Å². The van der Waals surface area contributed by atoms with E-state index in [2.05, 4.69) is 39.8 Å². The van der Waals surface area contributed by atoms with Crippen molar-refractivity contribution in [3.05, 3.63) is 102 Å². The first-order valence-electron chi connectivity index (χ1n) is 9.86. The number of nitrogens with zero attached hydrogens (tertiary/aromatic N) is 2. The number of aromatic nitrogens is 2. The Balaban J connectivity index is 1.40. The van der Waals surface area contributed by atoms with Crippen LogP contribution in [0.25, 0.3) is 22.4 Å². The molecule has 148 valence electrons. The van der Waals surface area contributed by atoms with Crippen LogP contribution >= 0.6 is 0 Å². The van der Waals surface area contributed by atoms with Crippen LogP contribution in [-0.4, -0.2) is 22.3 Å². The van der Waals surface area contributed by atoms with E-state index in [4.69, 9.17) is 0 Å². The lowest BCUT2D eigenvalue weighted by Crippen LogP contribution is -2.17. The van der Waals surface area contributed by atoms with Crippen molar-refractivity contribution in [3.8, 4) is 22.4 Å². The average Bonchev–Trinajstić information content (AvgIpc) is 3.31. The molecule has 0 saturated carbocycles. The summed E-state index contributed by atoms with van der Waals surface area (Å²) in [6.07, 6.45) is 2.61. The predicted molar refractivity (Wildman–Crippen MR) is 120 cm³/mol. The second kappa shape index (κ2) is 9.01. The number of carbonyl (C=O) groups is 1. The van der Waals surface area contributed by atoms with Crippen molar-refractivity contribution in [3.63, 3.8) is 0 Å². The number of hydrazone groups is 1. The van der Waals surface area contributed by atoms with Gasteiger partial charge in [-0.25, -0.2) is 5.43 Å². The Labute approximate surface area is 175 Å². The summed E-state index contributed by atoms with van der Waals surface area (Å²) in [6, 6.07) is 28.0. The van der Waals surface area contributed by atoms with E-state index in [0.29, 0.717) is 11.4 Å². The maximum atomic E-state index is 12.3. The van der Waals surface area contributed by atoms with Gasteiger partial charge in [0, 0.05) is 5.56 Å². The smallest absolute Gasteiger partial charge is 0.272 e. The van der Waals surface area contributed by atoms with Crippen molar-refractivity contribution in [1.82, 2.24) is 15.6 Å². The van der Waals surface area contributed by atoms with Crippen LogP contribution < -0.4 is 5.43 Å². The number of aryl methyl sites for hydroxylation is 1. The van der Waals surface area contributed by atoms with Gasteiger partial charge in [0.1, 0.15) is 5.69 Å². The monoisotopic (exact) mass is 394 g/mol. The molecule has 4 aromatic rings. The molecule has 0 unspecified atom stereocenters. The standard InChI is InChI=1S/C25H22N4O/c1-2-18-8-10-19(11-9-18)17-26-29-25(30)24-16-23(27-28-24)22-14-12-21(13-15-22)20-6-4-3-5-7-20/h3-17H,2H2,1H3,(H,27,28)(H,29,30). The van der Waals surface area contributed by atoms with Gasteiger partial charge < -0.3 is 0 Å². The molecule has 0 spiro atoms. The van der Waals surface area contributed by atoms with Gasteiger partial charge in [-0.05, 0) is 34.7 Å². The lowest BCUT2D eigenvalue weighted by molar-refractivity contribution is 0.0950. The molecule has 1 amide bonds. The summed E-state index contributed by atoms with van der Waals surface area (Å²) in [4.78, 5) is 12.3. The fourth-order valence-electron chi connectivity index (χ4n) is 3.12. The fourth-order valence-corrected chi connectivity index (χ4v) is 3.12. The van der Waals surface area contributed by atoms with Gasteiger partial charge >= 0.3 is 0 Å². The van der Waals surface area contributed by atoms with Gasteiger partial charge in [-0.2, -0.15) is 10.2 Å². The van der Waals surface area contributed by atoms with Crippen molar-refractivity contribution in [1.29, 1.82) is 0 Å². The molecule has 3 aromatic carbocycles. The van der Waals surface area contributed by atoms with E-state index in [0.717, 1.165) is 28.7 Å². The molecule has 0 bridgehead atoms. The first kappa shape index (κ1) is 19.3. The zero-order chi connectivity index (χ0) is 20.8. The number of nitrogens with one attached hydrogen (secondary N) is 2. The number of amides is 1. The predicted octanol–water partition coefficient (Wildman–Crippen LogP) is 5.07. The number of carbonyl (C=O) groups excluding carboxylic acids is 1. The second-order valence-corrected chi connectivity index (χ2v) is 6.90. The summed E-state index contributed by atoms with van der Waals surface area (Å²) in [5, 5.41) is 11.1. The lowest BCUT2D eigenvalue weighted by atomic mass is 10.0. The van der Waals surface area contributed by atoms with Crippen molar-refractivity contribution >= 4 is 12.1 Å². The molecule has 0 fully saturated rings. The van der Waals surface area contributed by atoms with E-state index in [1.54, 1.807) is 12.3 Å². The molecule has 0 saturated heterocycles. The maximum Gasteiger partial charge on any atom is 0.289 e. The molecule has 0 aliphatic carbocycles. The van der Waals surface area contributed by atoms with Gasteiger partial charge in [-0.3, -0.25) is 9.89 Å². The molecule has 2 N–H and O–H groups in total. The molecule has 4 rings (SSSR count). The molecule has 0 radical (unpaired) electrons. The van der Waals surface area contributed by atoms with Crippen LogP contribution in [0.3, 0.4) is 0 Å². The van der Waals surface area contributed by atoms with Gasteiger partial charge in [0.2, 0.25) is 0 Å². The minimum absolute atomic E-state index is 0.337. The molecule has 0 atom stereocenters. The number of H-pyrrole nitrogens is 1. The zero-order valence-corrected chi connectivity index (χ0v) is 16.7. The number of rotatable bonds is 6. The Morgan fingerprint density at radius 1 is 0.933 bits per heavy atom. The van der Waals surface area contributed by atoms with Crippen LogP contribution in [0, 0.1) is 0 Å². The van der Waals surface area contributed by atoms with E-state index in [-0.39, 0.29) is 5.91 Å². The molecular weight excluding hydrogens is 372 g/mol. The number of hydrogen-bond donors (Lipinski definition) is 2. The van der Waals surface area contributed by atoms with Crippen LogP contribution in [-0.2, 0) is 6.42 Å². The first-order valence-corrected chi connectivity index (χ1v) is 9.86. The highest BCUT2D eigenvalue weighted by Crippen LogP contribution is 2.24. The van der Waals surface area contributed by atoms with Crippen molar-refractivity contribution in [2.24, 2.45) is 5.10 Å². The van der Waals surface area contributed by atoms with E-state index in [1.165, 1.54) is 5.56 Å². The lowest BCUT2D eigenvalue weighted by Gasteiger charge is -2.02. The summed E-state index contributed by atoms with van der Waals surface area (Å²) in [7, 11) is 0. The SMILES string of the molecule is CCc1ccc(C=NNC(=O)c2cc(-c3ccc(-c4ccccc4)cc3)n[nH]2)cc1. The fraction of sp³-hybridized carbons (Fsp3) is 0.0800. The van der Waals surface area contributed by atoms with Crippen LogP contribution in [0.5, 0.6) is 0 Å². The molecule has 1 aromatic heterocycles. The molecule has 30 heavy (non-hydrogen) atoms. The molecule has 1 heterocycles. The van der Waals surface area contributed by atoms with Crippen molar-refractivity contribution in [2.45, 2.75) is 13.3 Å². The summed E-state index contributed by atoms with van der Waals surface area (Å²) in [5.41, 5.74) is 9.01. The Hall–Kier alpha value is -3.99. The Kier molecular flexibility index (Phi) is 5.80. The number of benzene rings is 3. The third kappa shape index (κ3) is 4.52. The summed E-state index contributed by atoms with van der Waals surface area (Å²) >= 11 is 0. The Morgan fingerprint density at radius 3 is 2.30 bits per heavy atom. The van der Waals surface area contributed by atoms with Crippen LogP contribution in [0.2, 0.25) is 0 Å². The van der Waals surface area contributed by atoms with Gasteiger partial charge in [-0.1, -0.05) is 85.8 Å². The molecular formula is C25H22N4O. The Bertz CT molecular complexity index is 1140. The van der Waals surface area contributed by atoms with Crippen LogP contribution in [0.1, 0.15) is 28.5 Å². The Morgan fingerprint density at radius 2 is 1.60 bits per heavy atom. The number of hydrogen-bond acceptors (Lipinski definition) is 3. The van der Waals surface area contributed by atoms with E-state index in [9.17, 15) is 4.79 Å². The molecule has 0 aliphatic heterocycles.